The summed E-state index contributed by atoms with van der Waals surface area (Å²) in [5.41, 5.74) is 6.43. The van der Waals surface area contributed by atoms with Crippen molar-refractivity contribution in [3.63, 3.8) is 0 Å². The standard InChI is InChI=1S/C11H10FN7/c1-18-3-2-10(15-18)19-11(14-16-17-19)7-4-8(12)6-9(13)5-7/h2-6H,13H2,1H3. The summed E-state index contributed by atoms with van der Waals surface area (Å²) in [5.74, 6) is 0.487. The largest absolute Gasteiger partial charge is 0.399 e. The Balaban J connectivity index is 2.14. The van der Waals surface area contributed by atoms with Crippen LogP contribution in [0, 0.1) is 5.82 Å². The highest BCUT2D eigenvalue weighted by Crippen LogP contribution is 2.22. The number of benzene rings is 1. The van der Waals surface area contributed by atoms with E-state index in [4.69, 9.17) is 5.73 Å². The maximum absolute atomic E-state index is 13.4. The maximum Gasteiger partial charge on any atom is 0.189 e. The number of hydrogen-bond donors (Lipinski definition) is 1. The van der Waals surface area contributed by atoms with Crippen molar-refractivity contribution in [2.45, 2.75) is 0 Å². The molecule has 0 aliphatic heterocycles. The Morgan fingerprint density at radius 1 is 1.26 bits per heavy atom. The summed E-state index contributed by atoms with van der Waals surface area (Å²) in [7, 11) is 1.79. The van der Waals surface area contributed by atoms with E-state index < -0.39 is 5.82 Å². The Bertz CT molecular complexity index is 710. The molecule has 0 bridgehead atoms. The molecule has 0 aliphatic rings. The smallest absolute Gasteiger partial charge is 0.189 e. The summed E-state index contributed by atoms with van der Waals surface area (Å²) in [6.45, 7) is 0. The highest BCUT2D eigenvalue weighted by atomic mass is 19.1. The fraction of sp³-hybridized carbons (Fsp3) is 0.0909. The lowest BCUT2D eigenvalue weighted by molar-refractivity contribution is 0.628. The molecule has 3 rings (SSSR count). The normalized spacial score (nSPS) is 10.8. The highest BCUT2D eigenvalue weighted by Gasteiger charge is 2.13. The second kappa shape index (κ2) is 4.16. The van der Waals surface area contributed by atoms with E-state index in [-0.39, 0.29) is 0 Å². The topological polar surface area (TPSA) is 87.4 Å². The fourth-order valence-electron chi connectivity index (χ4n) is 1.78. The Morgan fingerprint density at radius 2 is 2.11 bits per heavy atom. The average molecular weight is 259 g/mol. The molecule has 8 heteroatoms. The van der Waals surface area contributed by atoms with Crippen LogP contribution in [0.1, 0.15) is 0 Å². The third-order valence-electron chi connectivity index (χ3n) is 2.56. The molecular weight excluding hydrogens is 249 g/mol. The number of tetrazole rings is 1. The molecule has 2 aromatic heterocycles. The first-order valence-corrected chi connectivity index (χ1v) is 5.48. The van der Waals surface area contributed by atoms with Crippen LogP contribution in [0.5, 0.6) is 0 Å². The number of nitrogen functional groups attached to an aromatic ring is 1. The molecule has 19 heavy (non-hydrogen) atoms. The summed E-state index contributed by atoms with van der Waals surface area (Å²) < 4.78 is 16.4. The van der Waals surface area contributed by atoms with Gasteiger partial charge in [-0.05, 0) is 28.6 Å². The number of halogens is 1. The van der Waals surface area contributed by atoms with Gasteiger partial charge in [0.25, 0.3) is 0 Å². The summed E-state index contributed by atoms with van der Waals surface area (Å²) in [6.07, 6.45) is 1.76. The highest BCUT2D eigenvalue weighted by molar-refractivity contribution is 5.62. The molecule has 0 unspecified atom stereocenters. The minimum Gasteiger partial charge on any atom is -0.399 e. The molecule has 0 saturated carbocycles. The lowest BCUT2D eigenvalue weighted by Gasteiger charge is -2.03. The van der Waals surface area contributed by atoms with E-state index in [2.05, 4.69) is 20.6 Å². The Labute approximate surface area is 107 Å². The van der Waals surface area contributed by atoms with Gasteiger partial charge < -0.3 is 5.73 Å². The van der Waals surface area contributed by atoms with Gasteiger partial charge in [-0.3, -0.25) is 4.68 Å². The summed E-state index contributed by atoms with van der Waals surface area (Å²) in [4.78, 5) is 0. The van der Waals surface area contributed by atoms with E-state index in [0.29, 0.717) is 22.9 Å². The van der Waals surface area contributed by atoms with E-state index >= 15 is 0 Å². The van der Waals surface area contributed by atoms with Gasteiger partial charge in [0.05, 0.1) is 0 Å². The van der Waals surface area contributed by atoms with Crippen molar-refractivity contribution in [1.29, 1.82) is 0 Å². The van der Waals surface area contributed by atoms with Crippen molar-refractivity contribution < 1.29 is 4.39 Å². The molecule has 2 heterocycles. The molecule has 0 saturated heterocycles. The molecule has 0 amide bonds. The zero-order valence-electron chi connectivity index (χ0n) is 10.0. The van der Waals surface area contributed by atoms with Gasteiger partial charge in [-0.25, -0.2) is 4.39 Å². The van der Waals surface area contributed by atoms with Gasteiger partial charge >= 0.3 is 0 Å². The SMILES string of the molecule is Cn1ccc(-n2nnnc2-c2cc(N)cc(F)c2)n1. The third kappa shape index (κ3) is 2.03. The van der Waals surface area contributed by atoms with Gasteiger partial charge in [0.2, 0.25) is 0 Å². The number of aromatic nitrogens is 6. The van der Waals surface area contributed by atoms with Crippen molar-refractivity contribution in [2.24, 2.45) is 7.05 Å². The zero-order chi connectivity index (χ0) is 13.4. The third-order valence-corrected chi connectivity index (χ3v) is 2.56. The van der Waals surface area contributed by atoms with Crippen molar-refractivity contribution in [2.75, 3.05) is 5.73 Å². The number of nitrogens with two attached hydrogens (primary N) is 1. The van der Waals surface area contributed by atoms with Gasteiger partial charge in [0.15, 0.2) is 11.6 Å². The first-order chi connectivity index (χ1) is 9.13. The van der Waals surface area contributed by atoms with Gasteiger partial charge in [0, 0.05) is 30.6 Å². The molecule has 7 nitrogen and oxygen atoms in total. The first-order valence-electron chi connectivity index (χ1n) is 5.48. The van der Waals surface area contributed by atoms with Crippen LogP contribution >= 0.6 is 0 Å². The second-order valence-electron chi connectivity index (χ2n) is 4.04. The van der Waals surface area contributed by atoms with Gasteiger partial charge in [-0.1, -0.05) is 0 Å². The van der Waals surface area contributed by atoms with Crippen LogP contribution in [0.3, 0.4) is 0 Å². The van der Waals surface area contributed by atoms with Crippen LogP contribution in [0.4, 0.5) is 10.1 Å². The van der Waals surface area contributed by atoms with Crippen molar-refractivity contribution in [3.05, 3.63) is 36.3 Å². The number of hydrogen-bond acceptors (Lipinski definition) is 5. The summed E-state index contributed by atoms with van der Waals surface area (Å²) in [6, 6.07) is 5.91. The van der Waals surface area contributed by atoms with Crippen LogP contribution in [0.15, 0.2) is 30.5 Å². The number of rotatable bonds is 2. The average Bonchev–Trinajstić information content (AvgIpc) is 2.95. The van der Waals surface area contributed by atoms with E-state index in [0.717, 1.165) is 0 Å². The van der Waals surface area contributed by atoms with Crippen molar-refractivity contribution in [1.82, 2.24) is 30.0 Å². The predicted molar refractivity (Wildman–Crippen MR) is 65.7 cm³/mol. The fourth-order valence-corrected chi connectivity index (χ4v) is 1.78. The minimum absolute atomic E-state index is 0.311. The van der Waals surface area contributed by atoms with E-state index in [1.165, 1.54) is 16.8 Å². The lowest BCUT2D eigenvalue weighted by atomic mass is 10.2. The molecule has 0 atom stereocenters. The van der Waals surface area contributed by atoms with Crippen LogP contribution in [-0.2, 0) is 7.05 Å². The Kier molecular flexibility index (Phi) is 2.48. The minimum atomic E-state index is -0.439. The first kappa shape index (κ1) is 11.3. The van der Waals surface area contributed by atoms with Crippen LogP contribution in [-0.4, -0.2) is 30.0 Å². The molecule has 0 aliphatic carbocycles. The molecule has 0 radical (unpaired) electrons. The van der Waals surface area contributed by atoms with Crippen LogP contribution < -0.4 is 5.73 Å². The number of anilines is 1. The molecule has 1 aromatic carbocycles. The van der Waals surface area contributed by atoms with Gasteiger partial charge in [-0.2, -0.15) is 9.78 Å². The van der Waals surface area contributed by atoms with Crippen molar-refractivity contribution >= 4 is 5.69 Å². The second-order valence-corrected chi connectivity index (χ2v) is 4.04. The van der Waals surface area contributed by atoms with E-state index in [1.54, 1.807) is 30.1 Å². The molecular formula is C11H10FN7. The van der Waals surface area contributed by atoms with Gasteiger partial charge in [-0.15, -0.1) is 5.10 Å². The molecule has 96 valence electrons. The molecule has 0 fully saturated rings. The number of aryl methyl sites for hydroxylation is 1. The maximum atomic E-state index is 13.4. The van der Waals surface area contributed by atoms with Crippen LogP contribution in [0.2, 0.25) is 0 Å². The Morgan fingerprint density at radius 3 is 2.79 bits per heavy atom. The summed E-state index contributed by atoms with van der Waals surface area (Å²) in [5, 5.41) is 15.5. The lowest BCUT2D eigenvalue weighted by Crippen LogP contribution is -2.02. The molecule has 3 aromatic rings. The zero-order valence-corrected chi connectivity index (χ0v) is 10.0. The molecule has 2 N–H and O–H groups in total. The quantitative estimate of drug-likeness (QED) is 0.687. The summed E-state index contributed by atoms with van der Waals surface area (Å²) >= 11 is 0. The molecule has 0 spiro atoms. The van der Waals surface area contributed by atoms with Crippen molar-refractivity contribution in [3.8, 4) is 17.2 Å². The number of nitrogens with zero attached hydrogens (tertiary/aromatic N) is 6. The van der Waals surface area contributed by atoms with Crippen LogP contribution in [0.25, 0.3) is 17.2 Å². The van der Waals surface area contributed by atoms with Gasteiger partial charge in [0.1, 0.15) is 5.82 Å². The Hall–Kier alpha value is -2.77. The predicted octanol–water partition coefficient (Wildman–Crippen LogP) is 0.784. The van der Waals surface area contributed by atoms with E-state index in [1.807, 2.05) is 0 Å². The monoisotopic (exact) mass is 259 g/mol. The van der Waals surface area contributed by atoms with E-state index in [9.17, 15) is 4.39 Å².